The van der Waals surface area contributed by atoms with Crippen LogP contribution in [-0.2, 0) is 4.74 Å². The Bertz CT molecular complexity index is 598. The lowest BCUT2D eigenvalue weighted by Gasteiger charge is -2.38. The van der Waals surface area contributed by atoms with Crippen LogP contribution in [-0.4, -0.2) is 68.7 Å². The van der Waals surface area contributed by atoms with Crippen molar-refractivity contribution in [2.45, 2.75) is 58.7 Å². The Hall–Kier alpha value is -1.30. The van der Waals surface area contributed by atoms with E-state index in [1.165, 1.54) is 18.5 Å². The number of ether oxygens (including phenoxy) is 2. The molecule has 2 fully saturated rings. The number of aliphatic hydroxyl groups excluding tert-OH is 1. The summed E-state index contributed by atoms with van der Waals surface area (Å²) in [5.41, 5.74) is 1.64. The minimum absolute atomic E-state index is 0.329. The summed E-state index contributed by atoms with van der Waals surface area (Å²) in [6.07, 6.45) is 4.69. The zero-order chi connectivity index (χ0) is 20.9. The molecule has 1 heterocycles. The molecule has 5 nitrogen and oxygen atoms in total. The number of hydrogen-bond donors (Lipinski definition) is 1. The average Bonchev–Trinajstić information content (AvgIpc) is 2.72. The van der Waals surface area contributed by atoms with Crippen molar-refractivity contribution in [2.75, 3.05) is 51.3 Å². The van der Waals surface area contributed by atoms with E-state index >= 15 is 0 Å². The van der Waals surface area contributed by atoms with Crippen LogP contribution in [0, 0.1) is 11.3 Å². The van der Waals surface area contributed by atoms with E-state index in [-0.39, 0.29) is 0 Å². The van der Waals surface area contributed by atoms with Crippen LogP contribution in [0.5, 0.6) is 5.75 Å². The van der Waals surface area contributed by atoms with Crippen LogP contribution in [0.15, 0.2) is 24.3 Å². The highest BCUT2D eigenvalue weighted by atomic mass is 16.5. The van der Waals surface area contributed by atoms with Gasteiger partial charge in [0.05, 0.1) is 25.9 Å². The second-order valence-corrected chi connectivity index (χ2v) is 9.81. The van der Waals surface area contributed by atoms with Crippen LogP contribution in [0.2, 0.25) is 0 Å². The second kappa shape index (κ2) is 10.1. The third-order valence-corrected chi connectivity index (χ3v) is 6.70. The Balaban J connectivity index is 1.33. The fraction of sp³-hybridized carbons (Fsp3) is 0.750. The number of β-amino-alcohol motifs (C(OH)–C–C–N with tert-alkyl or cyclic N) is 1. The van der Waals surface area contributed by atoms with Gasteiger partial charge in [-0.25, -0.2) is 0 Å². The minimum Gasteiger partial charge on any atom is -0.497 e. The van der Waals surface area contributed by atoms with Crippen LogP contribution >= 0.6 is 0 Å². The lowest BCUT2D eigenvalue weighted by molar-refractivity contribution is -0.0446. The van der Waals surface area contributed by atoms with Gasteiger partial charge in [0, 0.05) is 38.4 Å². The van der Waals surface area contributed by atoms with Gasteiger partial charge in [0.2, 0.25) is 0 Å². The molecule has 0 bridgehead atoms. The van der Waals surface area contributed by atoms with Gasteiger partial charge >= 0.3 is 0 Å². The second-order valence-electron chi connectivity index (χ2n) is 9.81. The quantitative estimate of drug-likeness (QED) is 0.749. The maximum atomic E-state index is 10.5. The topological polar surface area (TPSA) is 45.2 Å². The Kier molecular flexibility index (Phi) is 7.83. The SMILES string of the molecule is COc1ccc(N2CCN(C[C@H](O)COC3CCC(C(C)(C)C)CC3)CC2)cc1. The van der Waals surface area contributed by atoms with Crippen molar-refractivity contribution in [3.05, 3.63) is 24.3 Å². The summed E-state index contributed by atoms with van der Waals surface area (Å²) in [6, 6.07) is 8.26. The zero-order valence-electron chi connectivity index (χ0n) is 18.8. The van der Waals surface area contributed by atoms with E-state index in [2.05, 4.69) is 42.7 Å². The molecule has 0 radical (unpaired) electrons. The first-order valence-corrected chi connectivity index (χ1v) is 11.3. The minimum atomic E-state index is -0.400. The largest absolute Gasteiger partial charge is 0.497 e. The van der Waals surface area contributed by atoms with Crippen LogP contribution in [0.3, 0.4) is 0 Å². The van der Waals surface area contributed by atoms with Crippen LogP contribution < -0.4 is 9.64 Å². The first kappa shape index (κ1) is 22.4. The first-order chi connectivity index (χ1) is 13.8. The Morgan fingerprint density at radius 1 is 1.00 bits per heavy atom. The molecule has 0 amide bonds. The molecule has 164 valence electrons. The van der Waals surface area contributed by atoms with Crippen molar-refractivity contribution >= 4 is 5.69 Å². The van der Waals surface area contributed by atoms with E-state index in [0.29, 0.717) is 24.7 Å². The molecule has 1 saturated carbocycles. The molecular formula is C24H40N2O3. The standard InChI is InChI=1S/C24H40N2O3/c1-24(2,3)19-5-9-23(10-6-19)29-18-21(27)17-25-13-15-26(16-14-25)20-7-11-22(28-4)12-8-20/h7-8,11-12,19,21,23,27H,5-6,9-10,13-18H2,1-4H3/t19?,21-,23?/m0/s1. The van der Waals surface area contributed by atoms with Crippen LogP contribution in [0.25, 0.3) is 0 Å². The highest BCUT2D eigenvalue weighted by Gasteiger charge is 2.30. The summed E-state index contributed by atoms with van der Waals surface area (Å²) in [7, 11) is 1.69. The summed E-state index contributed by atoms with van der Waals surface area (Å²) in [4.78, 5) is 4.75. The number of aliphatic hydroxyl groups is 1. The third kappa shape index (κ3) is 6.59. The monoisotopic (exact) mass is 404 g/mol. The highest BCUT2D eigenvalue weighted by molar-refractivity contribution is 5.49. The maximum absolute atomic E-state index is 10.5. The van der Waals surface area contributed by atoms with E-state index in [9.17, 15) is 5.11 Å². The molecule has 1 N–H and O–H groups in total. The van der Waals surface area contributed by atoms with Gasteiger partial charge in [-0.3, -0.25) is 4.90 Å². The number of piperazine rings is 1. The molecule has 1 aliphatic carbocycles. The van der Waals surface area contributed by atoms with Gasteiger partial charge in [-0.05, 0) is 61.3 Å². The zero-order valence-corrected chi connectivity index (χ0v) is 18.8. The number of benzene rings is 1. The van der Waals surface area contributed by atoms with Crippen LogP contribution in [0.1, 0.15) is 46.5 Å². The Labute approximate surface area is 177 Å². The fourth-order valence-corrected chi connectivity index (χ4v) is 4.68. The van der Waals surface area contributed by atoms with Crippen molar-refractivity contribution in [2.24, 2.45) is 11.3 Å². The molecule has 29 heavy (non-hydrogen) atoms. The van der Waals surface area contributed by atoms with Crippen LogP contribution in [0.4, 0.5) is 5.69 Å². The highest BCUT2D eigenvalue weighted by Crippen LogP contribution is 2.38. The number of anilines is 1. The Morgan fingerprint density at radius 2 is 1.62 bits per heavy atom. The maximum Gasteiger partial charge on any atom is 0.119 e. The van der Waals surface area contributed by atoms with E-state index in [4.69, 9.17) is 9.47 Å². The van der Waals surface area contributed by atoms with E-state index in [1.807, 2.05) is 12.1 Å². The molecule has 1 aromatic rings. The summed E-state index contributed by atoms with van der Waals surface area (Å²) in [5, 5.41) is 10.5. The van der Waals surface area contributed by atoms with Gasteiger partial charge in [0.25, 0.3) is 0 Å². The third-order valence-electron chi connectivity index (χ3n) is 6.70. The van der Waals surface area contributed by atoms with Gasteiger partial charge in [-0.2, -0.15) is 0 Å². The summed E-state index contributed by atoms with van der Waals surface area (Å²) >= 11 is 0. The van der Waals surface area contributed by atoms with Crippen molar-refractivity contribution in [3.63, 3.8) is 0 Å². The Morgan fingerprint density at radius 3 is 2.17 bits per heavy atom. The molecule has 1 aliphatic heterocycles. The van der Waals surface area contributed by atoms with Gasteiger partial charge < -0.3 is 19.5 Å². The summed E-state index contributed by atoms with van der Waals surface area (Å²) < 4.78 is 11.3. The smallest absolute Gasteiger partial charge is 0.119 e. The molecule has 1 atom stereocenters. The molecule has 0 aromatic heterocycles. The molecule has 2 aliphatic rings. The van der Waals surface area contributed by atoms with Crippen molar-refractivity contribution < 1.29 is 14.6 Å². The van der Waals surface area contributed by atoms with E-state index in [0.717, 1.165) is 50.7 Å². The van der Waals surface area contributed by atoms with Gasteiger partial charge in [0.1, 0.15) is 5.75 Å². The number of hydrogen-bond acceptors (Lipinski definition) is 5. The predicted octanol–water partition coefficient (Wildman–Crippen LogP) is 3.80. The van der Waals surface area contributed by atoms with Gasteiger partial charge in [-0.15, -0.1) is 0 Å². The van der Waals surface area contributed by atoms with Gasteiger partial charge in [-0.1, -0.05) is 20.8 Å². The summed E-state index contributed by atoms with van der Waals surface area (Å²) in [5.74, 6) is 1.69. The van der Waals surface area contributed by atoms with E-state index < -0.39 is 6.10 Å². The van der Waals surface area contributed by atoms with Crippen molar-refractivity contribution in [1.82, 2.24) is 4.90 Å². The average molecular weight is 405 g/mol. The molecule has 0 unspecified atom stereocenters. The van der Waals surface area contributed by atoms with Crippen molar-refractivity contribution in [3.8, 4) is 5.75 Å². The fourth-order valence-electron chi connectivity index (χ4n) is 4.68. The normalized spacial score (nSPS) is 25.1. The molecule has 1 saturated heterocycles. The first-order valence-electron chi connectivity index (χ1n) is 11.3. The molecular weight excluding hydrogens is 364 g/mol. The number of nitrogens with zero attached hydrogens (tertiary/aromatic N) is 2. The molecule has 3 rings (SSSR count). The summed E-state index contributed by atoms with van der Waals surface area (Å²) in [6.45, 7) is 12.1. The lowest BCUT2D eigenvalue weighted by Crippen LogP contribution is -2.49. The van der Waals surface area contributed by atoms with E-state index in [1.54, 1.807) is 7.11 Å². The van der Waals surface area contributed by atoms with Gasteiger partial charge in [0.15, 0.2) is 0 Å². The molecule has 0 spiro atoms. The number of methoxy groups -OCH3 is 1. The predicted molar refractivity (Wildman–Crippen MR) is 119 cm³/mol. The molecule has 5 heteroatoms. The van der Waals surface area contributed by atoms with Crippen molar-refractivity contribution in [1.29, 1.82) is 0 Å². The molecule has 1 aromatic carbocycles. The number of rotatable bonds is 7. The lowest BCUT2D eigenvalue weighted by atomic mass is 9.72.